The predicted octanol–water partition coefficient (Wildman–Crippen LogP) is 4.68. The van der Waals surface area contributed by atoms with Crippen molar-refractivity contribution in [1.29, 1.82) is 0 Å². The molecule has 0 saturated heterocycles. The Hall–Kier alpha value is -2.50. The van der Waals surface area contributed by atoms with Gasteiger partial charge in [-0.1, -0.05) is 29.8 Å². The van der Waals surface area contributed by atoms with Gasteiger partial charge in [-0.2, -0.15) is 0 Å². The second kappa shape index (κ2) is 5.85. The van der Waals surface area contributed by atoms with Crippen LogP contribution in [0.25, 0.3) is 32.9 Å². The lowest BCUT2D eigenvalue weighted by Gasteiger charge is -2.03. The summed E-state index contributed by atoms with van der Waals surface area (Å²) < 4.78 is 0. The molecular weight excluding hydrogens is 342 g/mol. The summed E-state index contributed by atoms with van der Waals surface area (Å²) in [5, 5.41) is 1.28. The quantitative estimate of drug-likeness (QED) is 0.569. The molecular formula is C18H12ClN3OS. The van der Waals surface area contributed by atoms with Gasteiger partial charge in [0.15, 0.2) is 5.82 Å². The lowest BCUT2D eigenvalue weighted by molar-refractivity contribution is 1.15. The predicted molar refractivity (Wildman–Crippen MR) is 98.7 cm³/mol. The van der Waals surface area contributed by atoms with E-state index in [9.17, 15) is 4.79 Å². The first-order valence-electron chi connectivity index (χ1n) is 7.34. The fraction of sp³-hybridized carbons (Fsp3) is 0.0556. The molecule has 4 nitrogen and oxygen atoms in total. The van der Waals surface area contributed by atoms with E-state index in [1.807, 2.05) is 49.4 Å². The van der Waals surface area contributed by atoms with Crippen LogP contribution in [0, 0.1) is 6.92 Å². The second-order valence-electron chi connectivity index (χ2n) is 5.35. The van der Waals surface area contributed by atoms with Gasteiger partial charge in [0.05, 0.1) is 5.39 Å². The summed E-state index contributed by atoms with van der Waals surface area (Å²) in [6, 6.07) is 13.0. The van der Waals surface area contributed by atoms with Gasteiger partial charge < -0.3 is 4.98 Å². The Morgan fingerprint density at radius 2 is 1.92 bits per heavy atom. The largest absolute Gasteiger partial charge is 0.305 e. The summed E-state index contributed by atoms with van der Waals surface area (Å²) in [5.41, 5.74) is 2.36. The van der Waals surface area contributed by atoms with E-state index < -0.39 is 0 Å². The number of benzene rings is 1. The molecule has 0 aliphatic heterocycles. The van der Waals surface area contributed by atoms with Crippen LogP contribution in [-0.4, -0.2) is 15.0 Å². The zero-order valence-electron chi connectivity index (χ0n) is 12.7. The molecule has 0 radical (unpaired) electrons. The van der Waals surface area contributed by atoms with Crippen LogP contribution >= 0.6 is 22.9 Å². The molecule has 0 amide bonds. The minimum atomic E-state index is -0.157. The first kappa shape index (κ1) is 15.1. The SMILES string of the molecule is Cc1sc2nc(-c3ccccn3)[nH]c(=O)c2c1-c1ccc(Cl)cc1. The zero-order valence-corrected chi connectivity index (χ0v) is 14.3. The lowest BCUT2D eigenvalue weighted by Crippen LogP contribution is -2.09. The Balaban J connectivity index is 1.97. The molecule has 0 bridgehead atoms. The van der Waals surface area contributed by atoms with E-state index >= 15 is 0 Å². The maximum Gasteiger partial charge on any atom is 0.260 e. The molecule has 24 heavy (non-hydrogen) atoms. The standard InChI is InChI=1S/C18H12ClN3OS/c1-10-14(11-5-7-12(19)8-6-11)15-17(23)21-16(22-18(15)24-10)13-4-2-3-9-20-13/h2-9H,1H3,(H,21,22,23). The van der Waals surface area contributed by atoms with Crippen LogP contribution in [0.5, 0.6) is 0 Å². The number of nitrogens with zero attached hydrogens (tertiary/aromatic N) is 2. The number of rotatable bonds is 2. The van der Waals surface area contributed by atoms with E-state index in [2.05, 4.69) is 15.0 Å². The van der Waals surface area contributed by atoms with Crippen molar-refractivity contribution in [3.8, 4) is 22.6 Å². The van der Waals surface area contributed by atoms with Crippen LogP contribution in [0.1, 0.15) is 4.88 Å². The number of H-pyrrole nitrogens is 1. The lowest BCUT2D eigenvalue weighted by atomic mass is 10.0. The zero-order chi connectivity index (χ0) is 16.7. The third-order valence-corrected chi connectivity index (χ3v) is 5.03. The smallest absolute Gasteiger partial charge is 0.260 e. The van der Waals surface area contributed by atoms with Crippen molar-refractivity contribution in [3.05, 3.63) is 68.9 Å². The van der Waals surface area contributed by atoms with Gasteiger partial charge >= 0.3 is 0 Å². The van der Waals surface area contributed by atoms with Gasteiger partial charge in [-0.25, -0.2) is 4.98 Å². The molecule has 6 heteroatoms. The Morgan fingerprint density at radius 3 is 2.62 bits per heavy atom. The molecule has 3 heterocycles. The molecule has 4 rings (SSSR count). The maximum atomic E-state index is 12.7. The molecule has 0 aliphatic carbocycles. The van der Waals surface area contributed by atoms with Gasteiger partial charge in [-0.05, 0) is 36.8 Å². The maximum absolute atomic E-state index is 12.7. The second-order valence-corrected chi connectivity index (χ2v) is 6.99. The van der Waals surface area contributed by atoms with Crippen molar-refractivity contribution in [2.45, 2.75) is 6.92 Å². The van der Waals surface area contributed by atoms with Crippen LogP contribution in [-0.2, 0) is 0 Å². The minimum Gasteiger partial charge on any atom is -0.305 e. The van der Waals surface area contributed by atoms with Gasteiger partial charge in [0, 0.05) is 21.7 Å². The number of hydrogen-bond acceptors (Lipinski definition) is 4. The molecule has 0 aliphatic rings. The number of aryl methyl sites for hydroxylation is 1. The Morgan fingerprint density at radius 1 is 1.12 bits per heavy atom. The molecule has 1 N–H and O–H groups in total. The van der Waals surface area contributed by atoms with Crippen molar-refractivity contribution in [2.24, 2.45) is 0 Å². The van der Waals surface area contributed by atoms with E-state index in [0.717, 1.165) is 16.0 Å². The fourth-order valence-corrected chi connectivity index (χ4v) is 3.88. The van der Waals surface area contributed by atoms with E-state index in [-0.39, 0.29) is 5.56 Å². The highest BCUT2D eigenvalue weighted by molar-refractivity contribution is 7.19. The van der Waals surface area contributed by atoms with Crippen molar-refractivity contribution < 1.29 is 0 Å². The molecule has 118 valence electrons. The van der Waals surface area contributed by atoms with E-state index in [1.54, 1.807) is 6.20 Å². The van der Waals surface area contributed by atoms with Crippen molar-refractivity contribution in [2.75, 3.05) is 0 Å². The molecule has 4 aromatic rings. The number of halogens is 1. The molecule has 3 aromatic heterocycles. The van der Waals surface area contributed by atoms with Crippen LogP contribution < -0.4 is 5.56 Å². The van der Waals surface area contributed by atoms with E-state index in [4.69, 9.17) is 11.6 Å². The molecule has 0 atom stereocenters. The average Bonchev–Trinajstić information content (AvgIpc) is 2.93. The first-order chi connectivity index (χ1) is 11.6. The molecule has 0 unspecified atom stereocenters. The van der Waals surface area contributed by atoms with Gasteiger partial charge in [0.1, 0.15) is 10.5 Å². The van der Waals surface area contributed by atoms with Crippen LogP contribution in [0.3, 0.4) is 0 Å². The molecule has 0 saturated carbocycles. The minimum absolute atomic E-state index is 0.157. The van der Waals surface area contributed by atoms with Gasteiger partial charge in [0.25, 0.3) is 5.56 Å². The van der Waals surface area contributed by atoms with Gasteiger partial charge in [-0.15, -0.1) is 11.3 Å². The summed E-state index contributed by atoms with van der Waals surface area (Å²) >= 11 is 7.48. The van der Waals surface area contributed by atoms with E-state index in [0.29, 0.717) is 26.8 Å². The normalized spacial score (nSPS) is 11.1. The van der Waals surface area contributed by atoms with Crippen LogP contribution in [0.15, 0.2) is 53.5 Å². The summed E-state index contributed by atoms with van der Waals surface area (Å²) in [7, 11) is 0. The summed E-state index contributed by atoms with van der Waals surface area (Å²) in [6.45, 7) is 2.00. The number of pyridine rings is 1. The van der Waals surface area contributed by atoms with Crippen LogP contribution in [0.4, 0.5) is 0 Å². The number of hydrogen-bond donors (Lipinski definition) is 1. The summed E-state index contributed by atoms with van der Waals surface area (Å²) in [4.78, 5) is 26.2. The van der Waals surface area contributed by atoms with Gasteiger partial charge in [-0.3, -0.25) is 9.78 Å². The van der Waals surface area contributed by atoms with Crippen molar-refractivity contribution >= 4 is 33.2 Å². The van der Waals surface area contributed by atoms with Crippen molar-refractivity contribution in [1.82, 2.24) is 15.0 Å². The molecule has 0 fully saturated rings. The third kappa shape index (κ3) is 2.52. The molecule has 1 aromatic carbocycles. The number of fused-ring (bicyclic) bond motifs is 1. The third-order valence-electron chi connectivity index (χ3n) is 3.78. The highest BCUT2D eigenvalue weighted by Crippen LogP contribution is 2.36. The Bertz CT molecular complexity index is 1090. The first-order valence-corrected chi connectivity index (χ1v) is 8.53. The van der Waals surface area contributed by atoms with Crippen molar-refractivity contribution in [3.63, 3.8) is 0 Å². The average molecular weight is 354 g/mol. The monoisotopic (exact) mass is 353 g/mol. The number of thiophene rings is 1. The Labute approximate surface area is 146 Å². The Kier molecular flexibility index (Phi) is 3.67. The summed E-state index contributed by atoms with van der Waals surface area (Å²) in [5.74, 6) is 0.483. The molecule has 0 spiro atoms. The fourth-order valence-electron chi connectivity index (χ4n) is 2.71. The van der Waals surface area contributed by atoms with E-state index in [1.165, 1.54) is 11.3 Å². The highest BCUT2D eigenvalue weighted by Gasteiger charge is 2.17. The van der Waals surface area contributed by atoms with Gasteiger partial charge in [0.2, 0.25) is 0 Å². The highest BCUT2D eigenvalue weighted by atomic mass is 35.5. The van der Waals surface area contributed by atoms with Crippen LogP contribution in [0.2, 0.25) is 5.02 Å². The number of aromatic nitrogens is 3. The number of aromatic amines is 1. The summed E-state index contributed by atoms with van der Waals surface area (Å²) in [6.07, 6.45) is 1.68. The topological polar surface area (TPSA) is 58.6 Å². The number of nitrogens with one attached hydrogen (secondary N) is 1.